The molecule has 0 unspecified atom stereocenters. The number of carbonyl (C=O) groups excluding carboxylic acids is 1. The van der Waals surface area contributed by atoms with Crippen molar-refractivity contribution in [3.63, 3.8) is 0 Å². The van der Waals surface area contributed by atoms with Crippen LogP contribution in [0.2, 0.25) is 0 Å². The molecule has 3 atom stereocenters. The summed E-state index contributed by atoms with van der Waals surface area (Å²) in [5.74, 6) is -1.00. The maximum absolute atomic E-state index is 10.5. The predicted octanol–water partition coefficient (Wildman–Crippen LogP) is -3.38. The van der Waals surface area contributed by atoms with Gasteiger partial charge in [0, 0.05) is 19.5 Å². The predicted molar refractivity (Wildman–Crippen MR) is 37.2 cm³/mol. The van der Waals surface area contributed by atoms with Gasteiger partial charge in [0.1, 0.15) is 24.9 Å². The summed E-state index contributed by atoms with van der Waals surface area (Å²) in [7, 11) is 0. The van der Waals surface area contributed by atoms with E-state index in [-0.39, 0.29) is 19.5 Å². The molecule has 0 aliphatic heterocycles. The standard InChI is InChI=1S/C6H12O6.Zn/c7-1-3(9)5(11)6(12)4(10)2-8;/h3,5-9,11-12H,1-2H2;/t3-,5-,6-;/m1./s1. The van der Waals surface area contributed by atoms with Gasteiger partial charge in [-0.2, -0.15) is 0 Å². The molecule has 0 rings (SSSR count). The van der Waals surface area contributed by atoms with Crippen molar-refractivity contribution >= 4 is 5.78 Å². The van der Waals surface area contributed by atoms with Gasteiger partial charge in [0.15, 0.2) is 5.78 Å². The Balaban J connectivity index is 0. The molecule has 5 N–H and O–H groups in total. The van der Waals surface area contributed by atoms with Crippen LogP contribution in [0.25, 0.3) is 0 Å². The van der Waals surface area contributed by atoms with Crippen molar-refractivity contribution < 1.29 is 49.8 Å². The molecule has 0 bridgehead atoms. The first-order valence-electron chi connectivity index (χ1n) is 3.33. The van der Waals surface area contributed by atoms with E-state index in [9.17, 15) is 4.79 Å². The molecule has 0 aromatic carbocycles. The summed E-state index contributed by atoms with van der Waals surface area (Å²) in [6.07, 6.45) is -5.22. The van der Waals surface area contributed by atoms with Gasteiger partial charge in [-0.3, -0.25) is 4.79 Å². The average molecular weight is 246 g/mol. The second-order valence-corrected chi connectivity index (χ2v) is 2.31. The Bertz CT molecular complexity index is 152. The van der Waals surface area contributed by atoms with E-state index in [0.29, 0.717) is 0 Å². The van der Waals surface area contributed by atoms with Gasteiger partial charge in [0.25, 0.3) is 0 Å². The maximum Gasteiger partial charge on any atom is 0.189 e. The third-order valence-electron chi connectivity index (χ3n) is 1.39. The van der Waals surface area contributed by atoms with Crippen LogP contribution in [0.4, 0.5) is 0 Å². The summed E-state index contributed by atoms with van der Waals surface area (Å²) in [5.41, 5.74) is 0. The molecule has 0 radical (unpaired) electrons. The van der Waals surface area contributed by atoms with Gasteiger partial charge < -0.3 is 25.5 Å². The third kappa shape index (κ3) is 4.76. The van der Waals surface area contributed by atoms with Crippen LogP contribution in [-0.2, 0) is 24.3 Å². The van der Waals surface area contributed by atoms with Crippen LogP contribution >= 0.6 is 0 Å². The normalized spacial score (nSPS) is 17.0. The van der Waals surface area contributed by atoms with E-state index < -0.39 is 37.3 Å². The van der Waals surface area contributed by atoms with Crippen LogP contribution < -0.4 is 0 Å². The Morgan fingerprint density at radius 3 is 1.92 bits per heavy atom. The monoisotopic (exact) mass is 244 g/mol. The van der Waals surface area contributed by atoms with Gasteiger partial charge >= 0.3 is 0 Å². The van der Waals surface area contributed by atoms with Gasteiger partial charge in [0.2, 0.25) is 0 Å². The first-order valence-corrected chi connectivity index (χ1v) is 3.33. The Morgan fingerprint density at radius 1 is 1.15 bits per heavy atom. The molecule has 0 saturated heterocycles. The second-order valence-electron chi connectivity index (χ2n) is 2.31. The van der Waals surface area contributed by atoms with Crippen LogP contribution in [0.3, 0.4) is 0 Å². The molecule has 74 valence electrons. The van der Waals surface area contributed by atoms with Crippen molar-refractivity contribution in [2.75, 3.05) is 13.2 Å². The second kappa shape index (κ2) is 7.49. The van der Waals surface area contributed by atoms with Crippen molar-refractivity contribution in [3.8, 4) is 0 Å². The molecule has 0 heterocycles. The molecule has 7 heteroatoms. The summed E-state index contributed by atoms with van der Waals surface area (Å²) in [6.45, 7) is -1.69. The van der Waals surface area contributed by atoms with Gasteiger partial charge in [0.05, 0.1) is 6.61 Å². The Morgan fingerprint density at radius 2 is 1.62 bits per heavy atom. The van der Waals surface area contributed by atoms with Crippen molar-refractivity contribution in [2.24, 2.45) is 0 Å². The molecular formula is C6H12O6Zn. The van der Waals surface area contributed by atoms with Crippen LogP contribution in [0.15, 0.2) is 0 Å². The summed E-state index contributed by atoms with van der Waals surface area (Å²) in [6, 6.07) is 0. The molecule has 0 aromatic heterocycles. The number of hydrogen-bond donors (Lipinski definition) is 5. The molecule has 0 spiro atoms. The van der Waals surface area contributed by atoms with E-state index in [4.69, 9.17) is 25.5 Å². The zero-order valence-corrected chi connectivity index (χ0v) is 9.96. The van der Waals surface area contributed by atoms with Gasteiger partial charge in [-0.1, -0.05) is 0 Å². The summed E-state index contributed by atoms with van der Waals surface area (Å²) in [4.78, 5) is 10.5. The fraction of sp³-hybridized carbons (Fsp3) is 0.833. The fourth-order valence-electron chi connectivity index (χ4n) is 0.602. The maximum atomic E-state index is 10.5. The van der Waals surface area contributed by atoms with E-state index >= 15 is 0 Å². The minimum atomic E-state index is -1.86. The Hall–Kier alpha value is 0.0934. The summed E-state index contributed by atoms with van der Waals surface area (Å²) in [5, 5.41) is 43.1. The van der Waals surface area contributed by atoms with E-state index in [1.165, 1.54) is 0 Å². The van der Waals surface area contributed by atoms with Crippen molar-refractivity contribution in [1.29, 1.82) is 0 Å². The Labute approximate surface area is 87.6 Å². The number of Topliss-reactive ketones (excluding diaryl/α,β-unsaturated/α-hetero) is 1. The first kappa shape index (κ1) is 15.6. The molecule has 0 saturated carbocycles. The molecule has 0 fully saturated rings. The SMILES string of the molecule is O=C(CO)[C@@H](O)[C@H](O)[C@H](O)CO.[Zn]. The minimum Gasteiger partial charge on any atom is -0.394 e. The fourth-order valence-corrected chi connectivity index (χ4v) is 0.602. The van der Waals surface area contributed by atoms with Gasteiger partial charge in [-0.15, -0.1) is 0 Å². The Kier molecular flexibility index (Phi) is 8.97. The van der Waals surface area contributed by atoms with Crippen molar-refractivity contribution in [1.82, 2.24) is 0 Å². The van der Waals surface area contributed by atoms with Gasteiger partial charge in [-0.05, 0) is 0 Å². The smallest absolute Gasteiger partial charge is 0.189 e. The number of ketones is 1. The van der Waals surface area contributed by atoms with Crippen LogP contribution in [0.5, 0.6) is 0 Å². The molecule has 13 heavy (non-hydrogen) atoms. The molecule has 0 amide bonds. The number of aliphatic hydroxyl groups excluding tert-OH is 5. The summed E-state index contributed by atoms with van der Waals surface area (Å²) < 4.78 is 0. The quantitative estimate of drug-likeness (QED) is 0.323. The minimum absolute atomic E-state index is 0. The zero-order chi connectivity index (χ0) is 9.72. The average Bonchev–Trinajstić information content (AvgIpc) is 2.12. The van der Waals surface area contributed by atoms with E-state index in [0.717, 1.165) is 0 Å². The van der Waals surface area contributed by atoms with Gasteiger partial charge in [-0.25, -0.2) is 0 Å². The number of aliphatic hydroxyl groups is 5. The number of carbonyl (C=O) groups is 1. The van der Waals surface area contributed by atoms with Crippen molar-refractivity contribution in [3.05, 3.63) is 0 Å². The van der Waals surface area contributed by atoms with Crippen molar-refractivity contribution in [2.45, 2.75) is 18.3 Å². The molecule has 6 nitrogen and oxygen atoms in total. The van der Waals surface area contributed by atoms with Crippen LogP contribution in [0, 0.1) is 0 Å². The molecule has 0 aliphatic rings. The van der Waals surface area contributed by atoms with E-state index in [1.54, 1.807) is 0 Å². The van der Waals surface area contributed by atoms with Crippen LogP contribution in [-0.4, -0.2) is 62.8 Å². The largest absolute Gasteiger partial charge is 0.394 e. The topological polar surface area (TPSA) is 118 Å². The van der Waals surface area contributed by atoms with E-state index in [1.807, 2.05) is 0 Å². The first-order chi connectivity index (χ1) is 5.54. The molecule has 0 aromatic rings. The summed E-state index contributed by atoms with van der Waals surface area (Å²) >= 11 is 0. The molecule has 0 aliphatic carbocycles. The van der Waals surface area contributed by atoms with E-state index in [2.05, 4.69) is 0 Å². The molecular weight excluding hydrogens is 233 g/mol. The number of hydrogen-bond acceptors (Lipinski definition) is 6. The number of rotatable bonds is 5. The zero-order valence-electron chi connectivity index (χ0n) is 7.00. The van der Waals surface area contributed by atoms with Crippen LogP contribution in [0.1, 0.15) is 0 Å². The third-order valence-corrected chi connectivity index (χ3v) is 1.39.